The predicted molar refractivity (Wildman–Crippen MR) is 223 cm³/mol. The summed E-state index contributed by atoms with van der Waals surface area (Å²) in [5.41, 5.74) is 1.32. The van der Waals surface area contributed by atoms with Gasteiger partial charge in [-0.05, 0) is 117 Å². The third-order valence-electron chi connectivity index (χ3n) is 9.34. The Morgan fingerprint density at radius 3 is 1.25 bits per heavy atom. The van der Waals surface area contributed by atoms with Gasteiger partial charge in [0, 0.05) is 39.2 Å². The van der Waals surface area contributed by atoms with E-state index in [2.05, 4.69) is 0 Å². The van der Waals surface area contributed by atoms with Gasteiger partial charge < -0.3 is 47.4 Å². The Kier molecular flexibility index (Phi) is 16.2. The van der Waals surface area contributed by atoms with E-state index in [1.54, 1.807) is 63.6 Å². The molecule has 0 amide bonds. The molecule has 2 atom stereocenters. The Bertz CT molecular complexity index is 2280. The maximum Gasteiger partial charge on any atom is 0.347 e. The van der Waals surface area contributed by atoms with Crippen LogP contribution in [0, 0.1) is 6.92 Å². The molecule has 0 heterocycles. The van der Waals surface area contributed by atoms with Crippen LogP contribution in [0.3, 0.4) is 0 Å². The van der Waals surface area contributed by atoms with Gasteiger partial charge >= 0.3 is 23.9 Å². The molecule has 0 saturated carbocycles. The van der Waals surface area contributed by atoms with Crippen LogP contribution in [0.5, 0.6) is 46.0 Å². The number of hydrogen-bond acceptors (Lipinski definition) is 14. The molecule has 0 radical (unpaired) electrons. The van der Waals surface area contributed by atoms with Gasteiger partial charge in [0.2, 0.25) is 0 Å². The number of benzene rings is 5. The molecule has 0 saturated heterocycles. The lowest BCUT2D eigenvalue weighted by atomic mass is 10.2. The van der Waals surface area contributed by atoms with Crippen LogP contribution in [0.2, 0.25) is 0 Å². The monoisotopic (exact) mass is 836 g/mol. The average Bonchev–Trinajstić information content (AvgIpc) is 3.27. The van der Waals surface area contributed by atoms with Crippen LogP contribution in [-0.2, 0) is 9.47 Å². The Balaban J connectivity index is 1.11. The van der Waals surface area contributed by atoms with E-state index < -0.39 is 23.9 Å². The molecule has 2 unspecified atom stereocenters. The van der Waals surface area contributed by atoms with Crippen LogP contribution < -0.4 is 37.9 Å². The SMILES string of the molecule is COc1cc(OCCC(C)OC)ccc1C(=O)Oc1ccc(C(=O)Oc2ccc(OC(=O)c3ccc(OC(=O)c4ccc(OCCC(C)OC)cc4OC)cc3)c(C)c2)cc1. The van der Waals surface area contributed by atoms with Crippen LogP contribution >= 0.6 is 0 Å². The summed E-state index contributed by atoms with van der Waals surface area (Å²) in [5.74, 6) is -0.134. The van der Waals surface area contributed by atoms with Crippen molar-refractivity contribution in [2.45, 2.75) is 45.8 Å². The quantitative estimate of drug-likeness (QED) is 0.0542. The van der Waals surface area contributed by atoms with Crippen LogP contribution in [0.15, 0.2) is 103 Å². The maximum atomic E-state index is 13.0. The first-order valence-electron chi connectivity index (χ1n) is 19.3. The number of rotatable bonds is 20. The van der Waals surface area contributed by atoms with Gasteiger partial charge in [0.25, 0.3) is 0 Å². The van der Waals surface area contributed by atoms with Crippen molar-refractivity contribution in [2.75, 3.05) is 41.7 Å². The topological polar surface area (TPSA) is 161 Å². The van der Waals surface area contributed by atoms with Crippen LogP contribution in [0.4, 0.5) is 0 Å². The Morgan fingerprint density at radius 2 is 0.836 bits per heavy atom. The van der Waals surface area contributed by atoms with E-state index in [-0.39, 0.29) is 69.0 Å². The first-order valence-corrected chi connectivity index (χ1v) is 19.3. The van der Waals surface area contributed by atoms with Gasteiger partial charge in [0.05, 0.1) is 50.8 Å². The molecule has 5 rings (SSSR count). The van der Waals surface area contributed by atoms with Crippen molar-refractivity contribution < 1.29 is 66.5 Å². The fourth-order valence-corrected chi connectivity index (χ4v) is 5.55. The zero-order valence-corrected chi connectivity index (χ0v) is 35.0. The number of aryl methyl sites for hydroxylation is 1. The van der Waals surface area contributed by atoms with Crippen molar-refractivity contribution in [3.63, 3.8) is 0 Å². The number of carbonyl (C=O) groups excluding carboxylic acids is 4. The maximum absolute atomic E-state index is 13.0. The van der Waals surface area contributed by atoms with Crippen molar-refractivity contribution in [2.24, 2.45) is 0 Å². The normalized spacial score (nSPS) is 11.7. The lowest BCUT2D eigenvalue weighted by molar-refractivity contribution is 0.0714. The Morgan fingerprint density at radius 1 is 0.443 bits per heavy atom. The molecule has 0 N–H and O–H groups in total. The van der Waals surface area contributed by atoms with Crippen LogP contribution in [0.1, 0.15) is 73.7 Å². The van der Waals surface area contributed by atoms with Gasteiger partial charge in [-0.2, -0.15) is 0 Å². The molecule has 0 aliphatic heterocycles. The minimum absolute atomic E-state index is 0.0476. The first kappa shape index (κ1) is 45.2. The second kappa shape index (κ2) is 21.9. The fraction of sp³-hybridized carbons (Fsp3) is 0.277. The predicted octanol–water partition coefficient (Wildman–Crippen LogP) is 8.50. The molecule has 61 heavy (non-hydrogen) atoms. The van der Waals surface area contributed by atoms with Gasteiger partial charge in [0.1, 0.15) is 57.1 Å². The lowest BCUT2D eigenvalue weighted by Gasteiger charge is -2.13. The van der Waals surface area contributed by atoms with Gasteiger partial charge in [-0.15, -0.1) is 0 Å². The van der Waals surface area contributed by atoms with Crippen molar-refractivity contribution in [3.8, 4) is 46.0 Å². The highest BCUT2D eigenvalue weighted by Crippen LogP contribution is 2.30. The molecule has 14 heteroatoms. The molecule has 320 valence electrons. The molecule has 0 fully saturated rings. The standard InChI is InChI=1S/C47H48O14/c1-29-26-38(60-44(48)32-8-12-34(13-9-32)58-46(50)39-19-16-36(27-42(39)54-6)56-24-22-30(2)52-4)18-21-41(29)61-45(49)33-10-14-35(15-11-33)59-47(51)40-20-17-37(28-43(40)55-7)57-25-23-31(3)53-5/h8-21,26-28,30-31H,22-25H2,1-7H3. The number of ether oxygens (including phenoxy) is 10. The molecule has 0 aliphatic rings. The minimum Gasteiger partial charge on any atom is -0.496 e. The number of esters is 4. The Labute approximate surface area is 354 Å². The molecule has 14 nitrogen and oxygen atoms in total. The fourth-order valence-electron chi connectivity index (χ4n) is 5.55. The summed E-state index contributed by atoms with van der Waals surface area (Å²) in [6.45, 7) is 6.44. The number of carbonyl (C=O) groups is 4. The van der Waals surface area contributed by atoms with E-state index in [1.807, 2.05) is 13.8 Å². The van der Waals surface area contributed by atoms with Crippen molar-refractivity contribution >= 4 is 23.9 Å². The van der Waals surface area contributed by atoms with E-state index in [4.69, 9.17) is 47.4 Å². The average molecular weight is 837 g/mol. The summed E-state index contributed by atoms with van der Waals surface area (Å²) in [5, 5.41) is 0. The second-order valence-corrected chi connectivity index (χ2v) is 13.6. The van der Waals surface area contributed by atoms with E-state index in [9.17, 15) is 19.2 Å². The molecular weight excluding hydrogens is 789 g/mol. The molecule has 0 aliphatic carbocycles. The second-order valence-electron chi connectivity index (χ2n) is 13.6. The highest BCUT2D eigenvalue weighted by Gasteiger charge is 2.20. The first-order chi connectivity index (χ1) is 29.4. The highest BCUT2D eigenvalue weighted by molar-refractivity contribution is 5.96. The summed E-state index contributed by atoms with van der Waals surface area (Å²) in [7, 11) is 6.15. The summed E-state index contributed by atoms with van der Waals surface area (Å²) in [4.78, 5) is 51.9. The van der Waals surface area contributed by atoms with Crippen LogP contribution in [0.25, 0.3) is 0 Å². The molecule has 0 spiro atoms. The summed E-state index contributed by atoms with van der Waals surface area (Å²) in [6.07, 6.45) is 1.48. The third-order valence-corrected chi connectivity index (χ3v) is 9.34. The van der Waals surface area contributed by atoms with E-state index in [0.29, 0.717) is 43.1 Å². The highest BCUT2D eigenvalue weighted by atomic mass is 16.6. The van der Waals surface area contributed by atoms with Gasteiger partial charge in [-0.3, -0.25) is 0 Å². The zero-order valence-electron chi connectivity index (χ0n) is 35.0. The van der Waals surface area contributed by atoms with Gasteiger partial charge in [-0.25, -0.2) is 19.2 Å². The van der Waals surface area contributed by atoms with Crippen molar-refractivity contribution in [1.29, 1.82) is 0 Å². The molecule has 5 aromatic carbocycles. The smallest absolute Gasteiger partial charge is 0.347 e. The van der Waals surface area contributed by atoms with Crippen molar-refractivity contribution in [1.82, 2.24) is 0 Å². The zero-order chi connectivity index (χ0) is 43.9. The molecular formula is C47H48O14. The van der Waals surface area contributed by atoms with Crippen LogP contribution in [-0.4, -0.2) is 77.7 Å². The molecule has 0 bridgehead atoms. The summed E-state index contributed by atoms with van der Waals surface area (Å²) < 4.78 is 54.9. The third kappa shape index (κ3) is 12.8. The van der Waals surface area contributed by atoms with E-state index in [0.717, 1.165) is 0 Å². The summed E-state index contributed by atoms with van der Waals surface area (Å²) in [6, 6.07) is 25.9. The van der Waals surface area contributed by atoms with E-state index in [1.165, 1.54) is 74.9 Å². The van der Waals surface area contributed by atoms with Gasteiger partial charge in [-0.1, -0.05) is 0 Å². The Hall–Kier alpha value is -6.90. The molecule has 0 aromatic heterocycles. The van der Waals surface area contributed by atoms with Gasteiger partial charge in [0.15, 0.2) is 0 Å². The molecule has 5 aromatic rings. The number of hydrogen-bond donors (Lipinski definition) is 0. The summed E-state index contributed by atoms with van der Waals surface area (Å²) >= 11 is 0. The largest absolute Gasteiger partial charge is 0.496 e. The lowest BCUT2D eigenvalue weighted by Crippen LogP contribution is -2.13. The number of methoxy groups -OCH3 is 4. The minimum atomic E-state index is -0.659. The van der Waals surface area contributed by atoms with E-state index >= 15 is 0 Å². The van der Waals surface area contributed by atoms with Crippen molar-refractivity contribution in [3.05, 3.63) is 131 Å².